The zero-order chi connectivity index (χ0) is 13.2. The molecule has 2 nitrogen and oxygen atoms in total. The average Bonchev–Trinajstić information content (AvgIpc) is 2.96. The van der Waals surface area contributed by atoms with Crippen molar-refractivity contribution in [3.05, 3.63) is 12.2 Å². The number of nitrogens with one attached hydrogen (secondary N) is 1. The maximum Gasteiger partial charge on any atom is 0.0467 e. The van der Waals surface area contributed by atoms with Gasteiger partial charge in [-0.15, -0.1) is 0 Å². The van der Waals surface area contributed by atoms with Gasteiger partial charge >= 0.3 is 0 Å². The Balaban J connectivity index is 1.74. The fourth-order valence-electron chi connectivity index (χ4n) is 3.45. The molecule has 2 bridgehead atoms. The summed E-state index contributed by atoms with van der Waals surface area (Å²) < 4.78 is 5.19. The predicted molar refractivity (Wildman–Crippen MR) is 76.6 cm³/mol. The van der Waals surface area contributed by atoms with Crippen LogP contribution in [0.15, 0.2) is 12.2 Å². The van der Waals surface area contributed by atoms with E-state index in [1.54, 1.807) is 7.11 Å². The number of hydrogen-bond donors (Lipinski definition) is 1. The zero-order valence-electron chi connectivity index (χ0n) is 12.4. The SMILES string of the molecule is COCCC(C)(C)CNC(C)C1CC2C=CC1C2. The molecule has 104 valence electrons. The Labute approximate surface area is 112 Å². The molecule has 1 fully saturated rings. The van der Waals surface area contributed by atoms with Gasteiger partial charge < -0.3 is 10.1 Å². The van der Waals surface area contributed by atoms with Crippen molar-refractivity contribution in [2.45, 2.75) is 46.1 Å². The molecule has 0 aliphatic heterocycles. The Morgan fingerprint density at radius 1 is 1.33 bits per heavy atom. The summed E-state index contributed by atoms with van der Waals surface area (Å²) in [6.07, 6.45) is 8.81. The molecule has 0 spiro atoms. The van der Waals surface area contributed by atoms with Gasteiger partial charge in [-0.25, -0.2) is 0 Å². The summed E-state index contributed by atoms with van der Waals surface area (Å²) in [6, 6.07) is 0.645. The van der Waals surface area contributed by atoms with Gasteiger partial charge in [0.1, 0.15) is 0 Å². The molecule has 4 unspecified atom stereocenters. The lowest BCUT2D eigenvalue weighted by Gasteiger charge is -2.31. The van der Waals surface area contributed by atoms with Gasteiger partial charge in [0.25, 0.3) is 0 Å². The summed E-state index contributed by atoms with van der Waals surface area (Å²) >= 11 is 0. The monoisotopic (exact) mass is 251 g/mol. The highest BCUT2D eigenvalue weighted by atomic mass is 16.5. The molecule has 0 radical (unpaired) electrons. The molecule has 2 aliphatic rings. The second kappa shape index (κ2) is 5.75. The fraction of sp³-hybridized carbons (Fsp3) is 0.875. The quantitative estimate of drug-likeness (QED) is 0.701. The molecule has 2 rings (SSSR count). The van der Waals surface area contributed by atoms with Gasteiger partial charge in [0.05, 0.1) is 0 Å². The molecule has 1 N–H and O–H groups in total. The molecule has 0 heterocycles. The molecule has 1 saturated carbocycles. The van der Waals surface area contributed by atoms with E-state index in [-0.39, 0.29) is 0 Å². The van der Waals surface area contributed by atoms with Crippen LogP contribution in [0.25, 0.3) is 0 Å². The van der Waals surface area contributed by atoms with E-state index >= 15 is 0 Å². The van der Waals surface area contributed by atoms with Crippen LogP contribution in [0.2, 0.25) is 0 Å². The predicted octanol–water partition coefficient (Wildman–Crippen LogP) is 3.24. The molecule has 0 aromatic rings. The Morgan fingerprint density at radius 2 is 2.11 bits per heavy atom. The lowest BCUT2D eigenvalue weighted by molar-refractivity contribution is 0.146. The van der Waals surface area contributed by atoms with Gasteiger partial charge in [-0.2, -0.15) is 0 Å². The summed E-state index contributed by atoms with van der Waals surface area (Å²) in [5.74, 6) is 2.59. The van der Waals surface area contributed by atoms with Crippen LogP contribution in [0.4, 0.5) is 0 Å². The number of rotatable bonds is 7. The third-order valence-electron chi connectivity index (χ3n) is 4.86. The Morgan fingerprint density at radius 3 is 2.67 bits per heavy atom. The summed E-state index contributed by atoms with van der Waals surface area (Å²) in [5.41, 5.74) is 0.331. The smallest absolute Gasteiger partial charge is 0.0467 e. The molecule has 0 saturated heterocycles. The Hall–Kier alpha value is -0.340. The normalized spacial score (nSPS) is 32.1. The van der Waals surface area contributed by atoms with E-state index in [1.807, 2.05) is 0 Å². The highest BCUT2D eigenvalue weighted by molar-refractivity contribution is 5.11. The van der Waals surface area contributed by atoms with Gasteiger partial charge in [-0.1, -0.05) is 26.0 Å². The molecule has 2 heteroatoms. The van der Waals surface area contributed by atoms with E-state index in [9.17, 15) is 0 Å². The minimum Gasteiger partial charge on any atom is -0.385 e. The van der Waals surface area contributed by atoms with Crippen LogP contribution in [0, 0.1) is 23.2 Å². The molecular formula is C16H29NO. The molecule has 0 aromatic carbocycles. The van der Waals surface area contributed by atoms with E-state index in [0.717, 1.165) is 37.3 Å². The lowest BCUT2D eigenvalue weighted by Crippen LogP contribution is -2.41. The van der Waals surface area contributed by atoms with E-state index in [4.69, 9.17) is 4.74 Å². The van der Waals surface area contributed by atoms with Crippen LogP contribution < -0.4 is 5.32 Å². The first kappa shape index (κ1) is 14.1. The molecular weight excluding hydrogens is 222 g/mol. The summed E-state index contributed by atoms with van der Waals surface area (Å²) in [7, 11) is 1.79. The highest BCUT2D eigenvalue weighted by Crippen LogP contribution is 2.44. The van der Waals surface area contributed by atoms with Crippen molar-refractivity contribution >= 4 is 0 Å². The maximum atomic E-state index is 5.19. The van der Waals surface area contributed by atoms with Crippen molar-refractivity contribution in [1.82, 2.24) is 5.32 Å². The average molecular weight is 251 g/mol. The van der Waals surface area contributed by atoms with Gasteiger partial charge in [0.15, 0.2) is 0 Å². The molecule has 0 amide bonds. The standard InChI is InChI=1S/C16H29NO/c1-12(15-10-13-5-6-14(15)9-13)17-11-16(2,3)7-8-18-4/h5-6,12-15,17H,7-11H2,1-4H3. The van der Waals surface area contributed by atoms with Crippen LogP contribution in [-0.4, -0.2) is 26.3 Å². The maximum absolute atomic E-state index is 5.19. The number of methoxy groups -OCH3 is 1. The second-order valence-corrected chi connectivity index (χ2v) is 7.02. The highest BCUT2D eigenvalue weighted by Gasteiger charge is 2.38. The van der Waals surface area contributed by atoms with Gasteiger partial charge in [-0.05, 0) is 49.4 Å². The summed E-state index contributed by atoms with van der Waals surface area (Å²) in [5, 5.41) is 3.77. The van der Waals surface area contributed by atoms with Crippen LogP contribution in [0.1, 0.15) is 40.0 Å². The van der Waals surface area contributed by atoms with Crippen LogP contribution >= 0.6 is 0 Å². The number of hydrogen-bond acceptors (Lipinski definition) is 2. The fourth-order valence-corrected chi connectivity index (χ4v) is 3.45. The third-order valence-corrected chi connectivity index (χ3v) is 4.86. The Kier molecular flexibility index (Phi) is 4.50. The minimum atomic E-state index is 0.331. The third kappa shape index (κ3) is 3.36. The molecule has 4 atom stereocenters. The van der Waals surface area contributed by atoms with Crippen molar-refractivity contribution in [2.24, 2.45) is 23.2 Å². The van der Waals surface area contributed by atoms with Crippen molar-refractivity contribution in [3.63, 3.8) is 0 Å². The second-order valence-electron chi connectivity index (χ2n) is 7.02. The van der Waals surface area contributed by atoms with Crippen LogP contribution in [-0.2, 0) is 4.74 Å². The van der Waals surface area contributed by atoms with Gasteiger partial charge in [-0.3, -0.25) is 0 Å². The first-order valence-electron chi connectivity index (χ1n) is 7.42. The lowest BCUT2D eigenvalue weighted by atomic mass is 9.85. The van der Waals surface area contributed by atoms with Gasteiger partial charge in [0.2, 0.25) is 0 Å². The number of ether oxygens (including phenoxy) is 1. The van der Waals surface area contributed by atoms with Gasteiger partial charge in [0, 0.05) is 26.3 Å². The summed E-state index contributed by atoms with van der Waals surface area (Å²) in [6.45, 7) is 8.97. The first-order valence-corrected chi connectivity index (χ1v) is 7.42. The van der Waals surface area contributed by atoms with Crippen molar-refractivity contribution in [2.75, 3.05) is 20.3 Å². The van der Waals surface area contributed by atoms with Crippen molar-refractivity contribution in [1.29, 1.82) is 0 Å². The Bertz CT molecular complexity index is 297. The topological polar surface area (TPSA) is 21.3 Å². The number of allylic oxidation sites excluding steroid dienone is 2. The van der Waals surface area contributed by atoms with E-state index in [1.165, 1.54) is 12.8 Å². The molecule has 0 aromatic heterocycles. The summed E-state index contributed by atoms with van der Waals surface area (Å²) in [4.78, 5) is 0. The van der Waals surface area contributed by atoms with E-state index in [2.05, 4.69) is 38.2 Å². The molecule has 2 aliphatic carbocycles. The first-order chi connectivity index (χ1) is 8.52. The largest absolute Gasteiger partial charge is 0.385 e. The van der Waals surface area contributed by atoms with Crippen LogP contribution in [0.3, 0.4) is 0 Å². The zero-order valence-corrected chi connectivity index (χ0v) is 12.4. The van der Waals surface area contributed by atoms with Crippen molar-refractivity contribution < 1.29 is 4.74 Å². The molecule has 18 heavy (non-hydrogen) atoms. The van der Waals surface area contributed by atoms with Crippen molar-refractivity contribution in [3.8, 4) is 0 Å². The minimum absolute atomic E-state index is 0.331. The number of fused-ring (bicyclic) bond motifs is 2. The van der Waals surface area contributed by atoms with E-state index < -0.39 is 0 Å². The van der Waals surface area contributed by atoms with E-state index in [0.29, 0.717) is 11.5 Å². The van der Waals surface area contributed by atoms with Crippen LogP contribution in [0.5, 0.6) is 0 Å².